The molecule has 1 aliphatic rings. The van der Waals surface area contributed by atoms with Gasteiger partial charge in [0.1, 0.15) is 11.2 Å². The number of nitriles is 1. The van der Waals surface area contributed by atoms with Crippen molar-refractivity contribution in [3.8, 4) is 17.3 Å². The first-order valence-electron chi connectivity index (χ1n) is 6.29. The van der Waals surface area contributed by atoms with Crippen LogP contribution in [0.3, 0.4) is 0 Å². The zero-order valence-corrected chi connectivity index (χ0v) is 10.4. The van der Waals surface area contributed by atoms with Crippen molar-refractivity contribution >= 4 is 0 Å². The highest BCUT2D eigenvalue weighted by molar-refractivity contribution is 5.62. The molecule has 0 atom stereocenters. The molecule has 90 valence electrons. The van der Waals surface area contributed by atoms with Crippen molar-refractivity contribution in [3.05, 3.63) is 41.9 Å². The Kier molecular flexibility index (Phi) is 2.45. The largest absolute Gasteiger partial charge is 0.344 e. The van der Waals surface area contributed by atoms with Gasteiger partial charge in [-0.2, -0.15) is 5.26 Å². The van der Waals surface area contributed by atoms with E-state index in [0.717, 1.165) is 42.0 Å². The normalized spacial score (nSPS) is 16.9. The number of nitrogens with one attached hydrogen (secondary N) is 1. The fourth-order valence-electron chi connectivity index (χ4n) is 2.50. The lowest BCUT2D eigenvalue weighted by molar-refractivity contribution is 0.309. The van der Waals surface area contributed by atoms with Crippen LogP contribution in [0.1, 0.15) is 30.8 Å². The third-order valence-corrected chi connectivity index (χ3v) is 3.81. The van der Waals surface area contributed by atoms with Gasteiger partial charge in [-0.1, -0.05) is 30.3 Å². The molecule has 0 radical (unpaired) electrons. The number of aryl methyl sites for hydroxylation is 1. The molecule has 0 unspecified atom stereocenters. The Labute approximate surface area is 106 Å². The maximum absolute atomic E-state index is 9.35. The second-order valence-electron chi connectivity index (χ2n) is 4.97. The quantitative estimate of drug-likeness (QED) is 0.871. The van der Waals surface area contributed by atoms with Gasteiger partial charge < -0.3 is 4.98 Å². The number of benzene rings is 1. The third-order valence-electron chi connectivity index (χ3n) is 3.81. The van der Waals surface area contributed by atoms with Crippen LogP contribution in [-0.2, 0) is 5.41 Å². The fourth-order valence-corrected chi connectivity index (χ4v) is 2.50. The molecule has 2 aromatic rings. The molecule has 3 rings (SSSR count). The van der Waals surface area contributed by atoms with Crippen molar-refractivity contribution in [1.82, 2.24) is 9.97 Å². The van der Waals surface area contributed by atoms with Crippen LogP contribution in [0.4, 0.5) is 0 Å². The monoisotopic (exact) mass is 237 g/mol. The van der Waals surface area contributed by atoms with Crippen molar-refractivity contribution in [2.45, 2.75) is 31.6 Å². The van der Waals surface area contributed by atoms with E-state index in [1.165, 1.54) is 0 Å². The number of hydrogen-bond acceptors (Lipinski definition) is 2. The van der Waals surface area contributed by atoms with Gasteiger partial charge in [-0.25, -0.2) is 4.98 Å². The molecule has 1 N–H and O–H groups in total. The summed E-state index contributed by atoms with van der Waals surface area (Å²) in [4.78, 5) is 7.97. The van der Waals surface area contributed by atoms with Crippen molar-refractivity contribution < 1.29 is 0 Å². The molecule has 1 aromatic heterocycles. The molecule has 3 nitrogen and oxygen atoms in total. The molecule has 1 aliphatic carbocycles. The maximum atomic E-state index is 9.35. The number of imidazole rings is 1. The van der Waals surface area contributed by atoms with E-state index in [0.29, 0.717) is 0 Å². The molecule has 18 heavy (non-hydrogen) atoms. The van der Waals surface area contributed by atoms with Crippen LogP contribution >= 0.6 is 0 Å². The summed E-state index contributed by atoms with van der Waals surface area (Å²) in [5.74, 6) is 0.840. The molecule has 1 heterocycles. The summed E-state index contributed by atoms with van der Waals surface area (Å²) in [5, 5.41) is 9.35. The van der Waals surface area contributed by atoms with E-state index in [-0.39, 0.29) is 5.41 Å². The van der Waals surface area contributed by atoms with Crippen molar-refractivity contribution in [1.29, 1.82) is 5.26 Å². The minimum atomic E-state index is -0.363. The minimum absolute atomic E-state index is 0.363. The maximum Gasteiger partial charge on any atom is 0.127 e. The molecule has 0 saturated heterocycles. The summed E-state index contributed by atoms with van der Waals surface area (Å²) in [6, 6.07) is 12.5. The van der Waals surface area contributed by atoms with Crippen LogP contribution in [0.25, 0.3) is 11.3 Å². The van der Waals surface area contributed by atoms with Crippen LogP contribution in [0.2, 0.25) is 0 Å². The topological polar surface area (TPSA) is 52.5 Å². The molecule has 3 heteroatoms. The second kappa shape index (κ2) is 3.99. The first-order valence-corrected chi connectivity index (χ1v) is 6.29. The lowest BCUT2D eigenvalue weighted by Crippen LogP contribution is -2.33. The lowest BCUT2D eigenvalue weighted by Gasteiger charge is -2.32. The number of aromatic amines is 1. The Morgan fingerprint density at radius 1 is 1.28 bits per heavy atom. The average molecular weight is 237 g/mol. The van der Waals surface area contributed by atoms with Crippen LogP contribution in [0.15, 0.2) is 30.3 Å². The van der Waals surface area contributed by atoms with Gasteiger partial charge in [0.15, 0.2) is 0 Å². The fraction of sp³-hybridized carbons (Fsp3) is 0.333. The Morgan fingerprint density at radius 3 is 2.56 bits per heavy atom. The summed E-state index contributed by atoms with van der Waals surface area (Å²) >= 11 is 0. The highest BCUT2D eigenvalue weighted by Crippen LogP contribution is 2.42. The van der Waals surface area contributed by atoms with Crippen LogP contribution < -0.4 is 0 Å². The molecule has 1 aromatic carbocycles. The highest BCUT2D eigenvalue weighted by Gasteiger charge is 2.42. The summed E-state index contributed by atoms with van der Waals surface area (Å²) in [7, 11) is 0. The van der Waals surface area contributed by atoms with Gasteiger partial charge >= 0.3 is 0 Å². The SMILES string of the molecule is Cc1[nH]c(C2(C#N)CCC2)nc1-c1ccccc1. The molecule has 0 aliphatic heterocycles. The predicted octanol–water partition coefficient (Wildman–Crippen LogP) is 3.33. The first kappa shape index (κ1) is 11.0. The number of hydrogen-bond donors (Lipinski definition) is 1. The smallest absolute Gasteiger partial charge is 0.127 e. The second-order valence-corrected chi connectivity index (χ2v) is 4.97. The van der Waals surface area contributed by atoms with Gasteiger partial charge in [0, 0.05) is 11.3 Å². The van der Waals surface area contributed by atoms with Gasteiger partial charge in [0.2, 0.25) is 0 Å². The first-order chi connectivity index (χ1) is 8.75. The van der Waals surface area contributed by atoms with Crippen LogP contribution in [0, 0.1) is 18.3 Å². The van der Waals surface area contributed by atoms with Gasteiger partial charge in [-0.15, -0.1) is 0 Å². The van der Waals surface area contributed by atoms with Crippen molar-refractivity contribution in [2.75, 3.05) is 0 Å². The number of aromatic nitrogens is 2. The summed E-state index contributed by atoms with van der Waals surface area (Å²) in [5.41, 5.74) is 2.74. The van der Waals surface area contributed by atoms with Crippen LogP contribution in [-0.4, -0.2) is 9.97 Å². The van der Waals surface area contributed by atoms with E-state index in [1.807, 2.05) is 37.3 Å². The molecule has 1 saturated carbocycles. The Morgan fingerprint density at radius 2 is 2.00 bits per heavy atom. The van der Waals surface area contributed by atoms with Crippen molar-refractivity contribution in [3.63, 3.8) is 0 Å². The van der Waals surface area contributed by atoms with E-state index in [1.54, 1.807) is 0 Å². The predicted molar refractivity (Wildman–Crippen MR) is 69.9 cm³/mol. The molecule has 0 amide bonds. The number of rotatable bonds is 2. The number of H-pyrrole nitrogens is 1. The molecular weight excluding hydrogens is 222 g/mol. The zero-order chi connectivity index (χ0) is 12.6. The number of nitrogens with zero attached hydrogens (tertiary/aromatic N) is 2. The van der Waals surface area contributed by atoms with E-state index in [4.69, 9.17) is 0 Å². The van der Waals surface area contributed by atoms with E-state index < -0.39 is 0 Å². The van der Waals surface area contributed by atoms with Crippen LogP contribution in [0.5, 0.6) is 0 Å². The van der Waals surface area contributed by atoms with Gasteiger partial charge in [-0.3, -0.25) is 0 Å². The van der Waals surface area contributed by atoms with Gasteiger partial charge in [0.05, 0.1) is 11.8 Å². The van der Waals surface area contributed by atoms with E-state index in [2.05, 4.69) is 16.0 Å². The standard InChI is InChI=1S/C15H15N3/c1-11-13(12-6-3-2-4-7-12)18-14(17-11)15(10-16)8-5-9-15/h2-4,6-7H,5,8-9H2,1H3,(H,17,18). The molecule has 1 fully saturated rings. The Balaban J connectivity index is 2.05. The van der Waals surface area contributed by atoms with Crippen molar-refractivity contribution in [2.24, 2.45) is 0 Å². The summed E-state index contributed by atoms with van der Waals surface area (Å²) in [6.07, 6.45) is 2.96. The summed E-state index contributed by atoms with van der Waals surface area (Å²) in [6.45, 7) is 2.02. The summed E-state index contributed by atoms with van der Waals surface area (Å²) < 4.78 is 0. The minimum Gasteiger partial charge on any atom is -0.344 e. The third kappa shape index (κ3) is 1.53. The Hall–Kier alpha value is -2.08. The van der Waals surface area contributed by atoms with E-state index >= 15 is 0 Å². The molecule has 0 bridgehead atoms. The van der Waals surface area contributed by atoms with Gasteiger partial charge in [0.25, 0.3) is 0 Å². The van der Waals surface area contributed by atoms with Gasteiger partial charge in [-0.05, 0) is 26.2 Å². The highest BCUT2D eigenvalue weighted by atomic mass is 15.0. The molecule has 0 spiro atoms. The average Bonchev–Trinajstić information content (AvgIpc) is 2.72. The van der Waals surface area contributed by atoms with E-state index in [9.17, 15) is 5.26 Å². The Bertz CT molecular complexity index is 600. The molecular formula is C15H15N3. The zero-order valence-electron chi connectivity index (χ0n) is 10.4. The lowest BCUT2D eigenvalue weighted by atomic mass is 9.69.